The van der Waals surface area contributed by atoms with Gasteiger partial charge in [-0.05, 0) is 37.5 Å². The molecule has 0 aliphatic carbocycles. The van der Waals surface area contributed by atoms with E-state index in [2.05, 4.69) is 0 Å². The molecule has 0 spiro atoms. The molecule has 104 valence electrons. The Balaban J connectivity index is 1.87. The standard InChI is InChI=1S/C15H20O4/c1-17-9-3-5-13(18-2)11(7-9)15(16)12-8-10-4-6-14(12)19-10/h3,5,7,10,12,14-16H,4,6,8H2,1-2H3. The van der Waals surface area contributed by atoms with Crippen LogP contribution in [-0.2, 0) is 4.74 Å². The Hall–Kier alpha value is -1.26. The third-order valence-electron chi connectivity index (χ3n) is 4.31. The third kappa shape index (κ3) is 2.19. The molecule has 19 heavy (non-hydrogen) atoms. The van der Waals surface area contributed by atoms with Gasteiger partial charge in [-0.15, -0.1) is 0 Å². The lowest BCUT2D eigenvalue weighted by molar-refractivity contribution is 0.0411. The summed E-state index contributed by atoms with van der Waals surface area (Å²) in [4.78, 5) is 0. The van der Waals surface area contributed by atoms with Crippen LogP contribution in [0.25, 0.3) is 0 Å². The van der Waals surface area contributed by atoms with Gasteiger partial charge in [-0.2, -0.15) is 0 Å². The Morgan fingerprint density at radius 3 is 2.68 bits per heavy atom. The van der Waals surface area contributed by atoms with E-state index in [4.69, 9.17) is 14.2 Å². The van der Waals surface area contributed by atoms with E-state index in [1.54, 1.807) is 14.2 Å². The zero-order chi connectivity index (χ0) is 13.4. The molecular formula is C15H20O4. The maximum Gasteiger partial charge on any atom is 0.124 e. The minimum absolute atomic E-state index is 0.166. The Morgan fingerprint density at radius 2 is 2.11 bits per heavy atom. The van der Waals surface area contributed by atoms with Crippen LogP contribution in [0.1, 0.15) is 30.9 Å². The van der Waals surface area contributed by atoms with Crippen LogP contribution in [0, 0.1) is 5.92 Å². The summed E-state index contributed by atoms with van der Waals surface area (Å²) in [6, 6.07) is 5.54. The second kappa shape index (κ2) is 5.02. The topological polar surface area (TPSA) is 47.9 Å². The molecule has 4 unspecified atom stereocenters. The zero-order valence-corrected chi connectivity index (χ0v) is 11.3. The predicted molar refractivity (Wildman–Crippen MR) is 70.5 cm³/mol. The van der Waals surface area contributed by atoms with E-state index in [0.717, 1.165) is 30.6 Å². The monoisotopic (exact) mass is 264 g/mol. The van der Waals surface area contributed by atoms with Crippen LogP contribution in [0.5, 0.6) is 11.5 Å². The quantitative estimate of drug-likeness (QED) is 0.906. The lowest BCUT2D eigenvalue weighted by Crippen LogP contribution is -2.24. The lowest BCUT2D eigenvalue weighted by Gasteiger charge is -2.26. The first-order chi connectivity index (χ1) is 9.22. The van der Waals surface area contributed by atoms with Crippen molar-refractivity contribution in [1.29, 1.82) is 0 Å². The molecule has 2 aliphatic heterocycles. The van der Waals surface area contributed by atoms with Crippen LogP contribution in [0.15, 0.2) is 18.2 Å². The maximum absolute atomic E-state index is 10.7. The van der Waals surface area contributed by atoms with Crippen molar-refractivity contribution < 1.29 is 19.3 Å². The molecule has 1 aromatic rings. The number of rotatable bonds is 4. The molecule has 0 saturated carbocycles. The summed E-state index contributed by atoms with van der Waals surface area (Å²) in [5, 5.41) is 10.7. The van der Waals surface area contributed by atoms with Crippen LogP contribution < -0.4 is 9.47 Å². The van der Waals surface area contributed by atoms with Gasteiger partial charge < -0.3 is 19.3 Å². The molecule has 0 aromatic heterocycles. The van der Waals surface area contributed by atoms with Crippen LogP contribution in [-0.4, -0.2) is 31.5 Å². The van der Waals surface area contributed by atoms with E-state index in [-0.39, 0.29) is 12.0 Å². The molecule has 4 heteroatoms. The lowest BCUT2D eigenvalue weighted by atomic mass is 9.82. The molecule has 4 atom stereocenters. The van der Waals surface area contributed by atoms with E-state index in [9.17, 15) is 5.11 Å². The first-order valence-corrected chi connectivity index (χ1v) is 6.78. The van der Waals surface area contributed by atoms with Crippen LogP contribution in [0.3, 0.4) is 0 Å². The van der Waals surface area contributed by atoms with Gasteiger partial charge >= 0.3 is 0 Å². The Labute approximate surface area is 113 Å². The van der Waals surface area contributed by atoms with Gasteiger partial charge in [-0.25, -0.2) is 0 Å². The van der Waals surface area contributed by atoms with Gasteiger partial charge in [-0.3, -0.25) is 0 Å². The van der Waals surface area contributed by atoms with Gasteiger partial charge in [0.1, 0.15) is 11.5 Å². The molecule has 2 fully saturated rings. The Kier molecular flexibility index (Phi) is 3.37. The van der Waals surface area contributed by atoms with E-state index >= 15 is 0 Å². The van der Waals surface area contributed by atoms with Gasteiger partial charge in [0.2, 0.25) is 0 Å². The first kappa shape index (κ1) is 12.8. The fraction of sp³-hybridized carbons (Fsp3) is 0.600. The van der Waals surface area contributed by atoms with Gasteiger partial charge in [0.05, 0.1) is 32.5 Å². The molecule has 2 heterocycles. The molecule has 4 nitrogen and oxygen atoms in total. The second-order valence-electron chi connectivity index (χ2n) is 5.33. The van der Waals surface area contributed by atoms with Crippen LogP contribution >= 0.6 is 0 Å². The summed E-state index contributed by atoms with van der Waals surface area (Å²) in [6.07, 6.45) is 3.09. The highest BCUT2D eigenvalue weighted by Gasteiger charge is 2.44. The highest BCUT2D eigenvalue weighted by Crippen LogP contribution is 2.46. The SMILES string of the molecule is COc1ccc(OC)c(C(O)C2CC3CCC2O3)c1. The zero-order valence-electron chi connectivity index (χ0n) is 11.3. The number of aliphatic hydroxyl groups excluding tert-OH is 1. The van der Waals surface area contributed by atoms with E-state index in [0.29, 0.717) is 11.9 Å². The van der Waals surface area contributed by atoms with E-state index in [1.807, 2.05) is 18.2 Å². The summed E-state index contributed by atoms with van der Waals surface area (Å²) in [5.41, 5.74) is 0.794. The summed E-state index contributed by atoms with van der Waals surface area (Å²) in [7, 11) is 3.24. The molecule has 2 aliphatic rings. The molecule has 0 radical (unpaired) electrons. The van der Waals surface area contributed by atoms with Crippen LogP contribution in [0.4, 0.5) is 0 Å². The Morgan fingerprint density at radius 1 is 1.26 bits per heavy atom. The number of methoxy groups -OCH3 is 2. The minimum atomic E-state index is -0.555. The van der Waals surface area contributed by atoms with Gasteiger partial charge in [0.15, 0.2) is 0 Å². The van der Waals surface area contributed by atoms with Crippen molar-refractivity contribution in [3.8, 4) is 11.5 Å². The number of benzene rings is 1. The largest absolute Gasteiger partial charge is 0.497 e. The molecule has 0 amide bonds. The van der Waals surface area contributed by atoms with Crippen molar-refractivity contribution in [3.05, 3.63) is 23.8 Å². The number of hydrogen-bond acceptors (Lipinski definition) is 4. The Bertz CT molecular complexity index is 459. The summed E-state index contributed by atoms with van der Waals surface area (Å²) in [5.74, 6) is 1.61. The number of ether oxygens (including phenoxy) is 3. The molecule has 2 bridgehead atoms. The van der Waals surface area contributed by atoms with Crippen molar-refractivity contribution >= 4 is 0 Å². The first-order valence-electron chi connectivity index (χ1n) is 6.78. The van der Waals surface area contributed by atoms with Gasteiger partial charge in [0, 0.05) is 11.5 Å². The molecule has 1 N–H and O–H groups in total. The maximum atomic E-state index is 10.7. The van der Waals surface area contributed by atoms with Crippen molar-refractivity contribution in [2.24, 2.45) is 5.92 Å². The summed E-state index contributed by atoms with van der Waals surface area (Å²) < 4.78 is 16.4. The van der Waals surface area contributed by atoms with Gasteiger partial charge in [0.25, 0.3) is 0 Å². The minimum Gasteiger partial charge on any atom is -0.497 e. The smallest absolute Gasteiger partial charge is 0.124 e. The average Bonchev–Trinajstić information content (AvgIpc) is 3.08. The molecular weight excluding hydrogens is 244 g/mol. The third-order valence-corrected chi connectivity index (χ3v) is 4.31. The van der Waals surface area contributed by atoms with E-state index < -0.39 is 6.10 Å². The second-order valence-corrected chi connectivity index (χ2v) is 5.33. The molecule has 1 aromatic carbocycles. The van der Waals surface area contributed by atoms with E-state index in [1.165, 1.54) is 0 Å². The number of aliphatic hydroxyl groups is 1. The highest BCUT2D eigenvalue weighted by molar-refractivity contribution is 5.42. The predicted octanol–water partition coefficient (Wildman–Crippen LogP) is 2.30. The summed E-state index contributed by atoms with van der Waals surface area (Å²) >= 11 is 0. The average molecular weight is 264 g/mol. The number of fused-ring (bicyclic) bond motifs is 2. The van der Waals surface area contributed by atoms with Crippen LogP contribution in [0.2, 0.25) is 0 Å². The van der Waals surface area contributed by atoms with Crippen molar-refractivity contribution in [2.45, 2.75) is 37.6 Å². The van der Waals surface area contributed by atoms with Crippen molar-refractivity contribution in [1.82, 2.24) is 0 Å². The van der Waals surface area contributed by atoms with Crippen molar-refractivity contribution in [3.63, 3.8) is 0 Å². The fourth-order valence-corrected chi connectivity index (χ4v) is 3.31. The highest BCUT2D eigenvalue weighted by atomic mass is 16.5. The molecule has 3 rings (SSSR count). The fourth-order valence-electron chi connectivity index (χ4n) is 3.31. The van der Waals surface area contributed by atoms with Gasteiger partial charge in [-0.1, -0.05) is 0 Å². The summed E-state index contributed by atoms with van der Waals surface area (Å²) in [6.45, 7) is 0. The number of hydrogen-bond donors (Lipinski definition) is 1. The van der Waals surface area contributed by atoms with Crippen molar-refractivity contribution in [2.75, 3.05) is 14.2 Å². The molecule has 2 saturated heterocycles. The normalized spacial score (nSPS) is 30.4.